The normalized spacial score (nSPS) is 15.3. The lowest BCUT2D eigenvalue weighted by Crippen LogP contribution is -2.15. The Morgan fingerprint density at radius 2 is 1.96 bits per heavy atom. The molecule has 25 heavy (non-hydrogen) atoms. The van der Waals surface area contributed by atoms with Crippen molar-refractivity contribution in [2.75, 3.05) is 11.1 Å². The highest BCUT2D eigenvalue weighted by molar-refractivity contribution is 7.99. The highest BCUT2D eigenvalue weighted by Crippen LogP contribution is 2.27. The molecule has 1 saturated carbocycles. The first-order valence-corrected chi connectivity index (χ1v) is 10.0. The van der Waals surface area contributed by atoms with Crippen molar-refractivity contribution in [2.24, 2.45) is 13.0 Å². The van der Waals surface area contributed by atoms with Crippen LogP contribution in [-0.4, -0.2) is 26.4 Å². The van der Waals surface area contributed by atoms with Crippen LogP contribution in [0.3, 0.4) is 0 Å². The Kier molecular flexibility index (Phi) is 6.37. The van der Waals surface area contributed by atoms with Gasteiger partial charge in [0.2, 0.25) is 5.91 Å². The minimum atomic E-state index is -0.0656. The van der Waals surface area contributed by atoms with Crippen LogP contribution in [-0.2, 0) is 18.3 Å². The molecule has 1 aliphatic carbocycles. The summed E-state index contributed by atoms with van der Waals surface area (Å²) in [5.41, 5.74) is 0.742. The van der Waals surface area contributed by atoms with Crippen LogP contribution in [0.1, 0.15) is 37.9 Å². The molecule has 5 nitrogen and oxygen atoms in total. The second-order valence-corrected chi connectivity index (χ2v) is 7.89. The van der Waals surface area contributed by atoms with Crippen LogP contribution in [0.25, 0.3) is 0 Å². The number of halogens is 1. The first-order valence-electron chi connectivity index (χ1n) is 8.68. The van der Waals surface area contributed by atoms with Crippen molar-refractivity contribution in [3.63, 3.8) is 0 Å². The minimum Gasteiger partial charge on any atom is -0.325 e. The fourth-order valence-electron chi connectivity index (χ4n) is 3.16. The zero-order valence-corrected chi connectivity index (χ0v) is 15.9. The van der Waals surface area contributed by atoms with Gasteiger partial charge >= 0.3 is 0 Å². The van der Waals surface area contributed by atoms with Crippen molar-refractivity contribution in [3.05, 3.63) is 35.1 Å². The number of thioether (sulfide) groups is 1. The summed E-state index contributed by atoms with van der Waals surface area (Å²) >= 11 is 7.26. The summed E-state index contributed by atoms with van der Waals surface area (Å²) in [5, 5.41) is 12.9. The first kappa shape index (κ1) is 18.3. The molecule has 0 aliphatic heterocycles. The monoisotopic (exact) mass is 378 g/mol. The van der Waals surface area contributed by atoms with Gasteiger partial charge in [-0.3, -0.25) is 4.79 Å². The Bertz CT molecular complexity index is 710. The van der Waals surface area contributed by atoms with Gasteiger partial charge < -0.3 is 9.88 Å². The van der Waals surface area contributed by atoms with E-state index in [1.54, 1.807) is 24.3 Å². The standard InChI is InChI=1S/C18H23ClN4OS/c1-23-16(11-13-5-3-2-4-6-13)21-22-18(23)25-12-17(24)20-15-9-7-14(19)8-10-15/h7-10,13H,2-6,11-12H2,1H3,(H,20,24). The maximum atomic E-state index is 12.1. The Morgan fingerprint density at radius 1 is 1.24 bits per heavy atom. The molecule has 134 valence electrons. The molecule has 2 aromatic rings. The lowest BCUT2D eigenvalue weighted by molar-refractivity contribution is -0.113. The van der Waals surface area contributed by atoms with Crippen LogP contribution in [0, 0.1) is 5.92 Å². The number of amides is 1. The van der Waals surface area contributed by atoms with Gasteiger partial charge in [-0.2, -0.15) is 0 Å². The number of nitrogens with zero attached hydrogens (tertiary/aromatic N) is 3. The summed E-state index contributed by atoms with van der Waals surface area (Å²) in [4.78, 5) is 12.1. The Morgan fingerprint density at radius 3 is 2.68 bits per heavy atom. The Labute approximate surface area is 157 Å². The summed E-state index contributed by atoms with van der Waals surface area (Å²) in [6.45, 7) is 0. The predicted octanol–water partition coefficient (Wildman–Crippen LogP) is 4.32. The molecule has 0 radical (unpaired) electrons. The van der Waals surface area contributed by atoms with E-state index in [9.17, 15) is 4.79 Å². The summed E-state index contributed by atoms with van der Waals surface area (Å²) < 4.78 is 2.02. The molecule has 1 N–H and O–H groups in total. The number of anilines is 1. The molecule has 3 rings (SSSR count). The average Bonchev–Trinajstić information content (AvgIpc) is 2.96. The van der Waals surface area contributed by atoms with E-state index in [1.807, 2.05) is 11.6 Å². The maximum absolute atomic E-state index is 12.1. The van der Waals surface area contributed by atoms with Crippen LogP contribution in [0.15, 0.2) is 29.4 Å². The quantitative estimate of drug-likeness (QED) is 0.760. The van der Waals surface area contributed by atoms with Crippen LogP contribution in [0.5, 0.6) is 0 Å². The van der Waals surface area contributed by atoms with E-state index in [-0.39, 0.29) is 5.91 Å². The lowest BCUT2D eigenvalue weighted by Gasteiger charge is -2.20. The number of carbonyl (C=O) groups is 1. The van der Waals surface area contributed by atoms with Gasteiger partial charge in [0.05, 0.1) is 5.75 Å². The van der Waals surface area contributed by atoms with E-state index in [0.717, 1.165) is 29.0 Å². The zero-order valence-electron chi connectivity index (χ0n) is 14.4. The van der Waals surface area contributed by atoms with Crippen molar-refractivity contribution < 1.29 is 4.79 Å². The largest absolute Gasteiger partial charge is 0.325 e. The zero-order chi connectivity index (χ0) is 17.6. The van der Waals surface area contributed by atoms with Gasteiger partial charge in [-0.05, 0) is 30.2 Å². The fraction of sp³-hybridized carbons (Fsp3) is 0.500. The third-order valence-corrected chi connectivity index (χ3v) is 5.85. The molecular formula is C18H23ClN4OS. The van der Waals surface area contributed by atoms with Crippen LogP contribution in [0.4, 0.5) is 5.69 Å². The molecule has 1 aromatic carbocycles. The highest BCUT2D eigenvalue weighted by atomic mass is 35.5. The third kappa shape index (κ3) is 5.22. The van der Waals surface area contributed by atoms with E-state index < -0.39 is 0 Å². The number of nitrogens with one attached hydrogen (secondary N) is 1. The molecule has 0 spiro atoms. The van der Waals surface area contributed by atoms with E-state index >= 15 is 0 Å². The van der Waals surface area contributed by atoms with Gasteiger partial charge in [0.25, 0.3) is 0 Å². The number of hydrogen-bond donors (Lipinski definition) is 1. The minimum absolute atomic E-state index is 0.0656. The summed E-state index contributed by atoms with van der Waals surface area (Å²) in [6.07, 6.45) is 7.59. The van der Waals surface area contributed by atoms with Crippen LogP contribution < -0.4 is 5.32 Å². The van der Waals surface area contributed by atoms with E-state index in [0.29, 0.717) is 10.8 Å². The summed E-state index contributed by atoms with van der Waals surface area (Å²) in [6, 6.07) is 7.08. The summed E-state index contributed by atoms with van der Waals surface area (Å²) in [7, 11) is 1.98. The highest BCUT2D eigenvalue weighted by Gasteiger charge is 2.18. The molecule has 0 bridgehead atoms. The Balaban J connectivity index is 1.50. The second kappa shape index (κ2) is 8.72. The number of hydrogen-bond acceptors (Lipinski definition) is 4. The van der Waals surface area contributed by atoms with Gasteiger partial charge in [0, 0.05) is 24.2 Å². The number of rotatable bonds is 6. The molecule has 0 atom stereocenters. The molecule has 1 amide bonds. The lowest BCUT2D eigenvalue weighted by atomic mass is 9.87. The topological polar surface area (TPSA) is 59.8 Å². The van der Waals surface area contributed by atoms with Crippen molar-refractivity contribution in [1.29, 1.82) is 0 Å². The SMILES string of the molecule is Cn1c(CC2CCCCC2)nnc1SCC(=O)Nc1ccc(Cl)cc1. The van der Waals surface area contributed by atoms with Gasteiger partial charge in [-0.25, -0.2) is 0 Å². The molecule has 7 heteroatoms. The van der Waals surface area contributed by atoms with Crippen molar-refractivity contribution >= 4 is 35.0 Å². The van der Waals surface area contributed by atoms with Gasteiger partial charge in [-0.15, -0.1) is 10.2 Å². The molecular weight excluding hydrogens is 356 g/mol. The summed E-state index contributed by atoms with van der Waals surface area (Å²) in [5.74, 6) is 1.98. The maximum Gasteiger partial charge on any atom is 0.234 e. The van der Waals surface area contributed by atoms with E-state index in [1.165, 1.54) is 43.9 Å². The van der Waals surface area contributed by atoms with E-state index in [2.05, 4.69) is 15.5 Å². The van der Waals surface area contributed by atoms with E-state index in [4.69, 9.17) is 11.6 Å². The molecule has 1 aliphatic rings. The van der Waals surface area contributed by atoms with Crippen LogP contribution in [0.2, 0.25) is 5.02 Å². The molecule has 1 fully saturated rings. The second-order valence-electron chi connectivity index (χ2n) is 6.51. The smallest absolute Gasteiger partial charge is 0.234 e. The third-order valence-electron chi connectivity index (χ3n) is 4.58. The Hall–Kier alpha value is -1.53. The number of benzene rings is 1. The average molecular weight is 379 g/mol. The molecule has 0 unspecified atom stereocenters. The number of aromatic nitrogens is 3. The molecule has 1 aromatic heterocycles. The first-order chi connectivity index (χ1) is 12.1. The van der Waals surface area contributed by atoms with Crippen molar-refractivity contribution in [1.82, 2.24) is 14.8 Å². The molecule has 0 saturated heterocycles. The van der Waals surface area contributed by atoms with Gasteiger partial charge in [0.1, 0.15) is 5.82 Å². The van der Waals surface area contributed by atoms with Gasteiger partial charge in [-0.1, -0.05) is 55.5 Å². The predicted molar refractivity (Wildman–Crippen MR) is 102 cm³/mol. The van der Waals surface area contributed by atoms with Crippen LogP contribution >= 0.6 is 23.4 Å². The van der Waals surface area contributed by atoms with Crippen molar-refractivity contribution in [2.45, 2.75) is 43.7 Å². The van der Waals surface area contributed by atoms with Gasteiger partial charge in [0.15, 0.2) is 5.16 Å². The number of carbonyl (C=O) groups excluding carboxylic acids is 1. The van der Waals surface area contributed by atoms with Crippen molar-refractivity contribution in [3.8, 4) is 0 Å². The molecule has 1 heterocycles. The fourth-order valence-corrected chi connectivity index (χ4v) is 4.01.